The van der Waals surface area contributed by atoms with E-state index in [2.05, 4.69) is 5.32 Å². The van der Waals surface area contributed by atoms with Crippen LogP contribution in [0.1, 0.15) is 24.0 Å². The molecular weight excluding hydrogens is 547 g/mol. The fourth-order valence-electron chi connectivity index (χ4n) is 4.22. The second kappa shape index (κ2) is 11.5. The molecule has 1 saturated carbocycles. The lowest BCUT2D eigenvalue weighted by Crippen LogP contribution is -2.64. The predicted octanol–water partition coefficient (Wildman–Crippen LogP) is -0.180. The summed E-state index contributed by atoms with van der Waals surface area (Å²) in [5, 5.41) is 34.0. The van der Waals surface area contributed by atoms with E-state index in [1.807, 2.05) is 4.72 Å². The van der Waals surface area contributed by atoms with E-state index in [9.17, 15) is 46.5 Å². The number of nitrogens with two attached hydrogens (primary N) is 1. The van der Waals surface area contributed by atoms with Gasteiger partial charge in [-0.25, -0.2) is 13.1 Å². The second-order valence-electron chi connectivity index (χ2n) is 9.23. The third-order valence-electron chi connectivity index (χ3n) is 6.36. The SMILES string of the molecule is COc1ccc(CC(NC(=O)[C@@]2(O)CC(O)C(O)C(NS(=O)(=O)c3cccc(C(F)(F)F)c3)C2)C(N)=O)cc1. The van der Waals surface area contributed by atoms with E-state index < -0.39 is 81.2 Å². The molecule has 15 heteroatoms. The highest BCUT2D eigenvalue weighted by Crippen LogP contribution is 2.33. The van der Waals surface area contributed by atoms with Crippen LogP contribution in [0, 0.1) is 0 Å². The molecule has 39 heavy (non-hydrogen) atoms. The summed E-state index contributed by atoms with van der Waals surface area (Å²) in [5.74, 6) is -1.57. The number of halogens is 3. The van der Waals surface area contributed by atoms with Crippen molar-refractivity contribution in [1.29, 1.82) is 0 Å². The van der Waals surface area contributed by atoms with Crippen molar-refractivity contribution in [2.24, 2.45) is 5.73 Å². The molecule has 3 rings (SSSR count). The summed E-state index contributed by atoms with van der Waals surface area (Å²) >= 11 is 0. The number of nitrogens with one attached hydrogen (secondary N) is 2. The predicted molar refractivity (Wildman–Crippen MR) is 130 cm³/mol. The van der Waals surface area contributed by atoms with Crippen LogP contribution in [0.4, 0.5) is 13.2 Å². The minimum atomic E-state index is -4.83. The Morgan fingerprint density at radius 3 is 2.36 bits per heavy atom. The molecule has 7 N–H and O–H groups in total. The van der Waals surface area contributed by atoms with Gasteiger partial charge in [0.1, 0.15) is 17.4 Å². The number of hydrogen-bond donors (Lipinski definition) is 6. The van der Waals surface area contributed by atoms with Gasteiger partial charge >= 0.3 is 6.18 Å². The largest absolute Gasteiger partial charge is 0.497 e. The molecule has 11 nitrogen and oxygen atoms in total. The summed E-state index contributed by atoms with van der Waals surface area (Å²) in [6.45, 7) is 0. The number of aliphatic hydroxyl groups excluding tert-OH is 2. The van der Waals surface area contributed by atoms with Crippen molar-refractivity contribution in [3.63, 3.8) is 0 Å². The number of sulfonamides is 1. The van der Waals surface area contributed by atoms with Crippen molar-refractivity contribution in [3.8, 4) is 5.75 Å². The van der Waals surface area contributed by atoms with Gasteiger partial charge in [0.15, 0.2) is 0 Å². The summed E-state index contributed by atoms with van der Waals surface area (Å²) < 4.78 is 71.8. The van der Waals surface area contributed by atoms with Gasteiger partial charge in [-0.05, 0) is 35.9 Å². The monoisotopic (exact) mass is 575 g/mol. The summed E-state index contributed by atoms with van der Waals surface area (Å²) in [7, 11) is -3.24. The zero-order valence-electron chi connectivity index (χ0n) is 20.6. The Balaban J connectivity index is 1.79. The zero-order chi connectivity index (χ0) is 29.2. The maximum absolute atomic E-state index is 13.0. The number of carbonyl (C=O) groups excluding carboxylic acids is 2. The third-order valence-corrected chi connectivity index (χ3v) is 7.85. The molecule has 2 amide bonds. The van der Waals surface area contributed by atoms with Gasteiger partial charge in [0, 0.05) is 19.3 Å². The lowest BCUT2D eigenvalue weighted by atomic mass is 9.78. The van der Waals surface area contributed by atoms with E-state index in [4.69, 9.17) is 10.5 Å². The zero-order valence-corrected chi connectivity index (χ0v) is 21.4. The van der Waals surface area contributed by atoms with E-state index in [0.29, 0.717) is 23.4 Å². The Hall–Kier alpha value is -3.24. The third kappa shape index (κ3) is 7.24. The number of rotatable bonds is 9. The quantitative estimate of drug-likeness (QED) is 0.237. The summed E-state index contributed by atoms with van der Waals surface area (Å²) in [4.78, 5) is 24.3. The molecule has 1 fully saturated rings. The maximum atomic E-state index is 13.0. The van der Waals surface area contributed by atoms with Crippen molar-refractivity contribution >= 4 is 21.8 Å². The van der Waals surface area contributed by atoms with E-state index in [0.717, 1.165) is 12.1 Å². The summed E-state index contributed by atoms with van der Waals surface area (Å²) in [6, 6.07) is 6.29. The Kier molecular flexibility index (Phi) is 8.92. The molecule has 0 spiro atoms. The highest BCUT2D eigenvalue weighted by atomic mass is 32.2. The van der Waals surface area contributed by atoms with Crippen molar-refractivity contribution < 1.29 is 51.2 Å². The van der Waals surface area contributed by atoms with Crippen LogP contribution in [-0.4, -0.2) is 72.6 Å². The number of carbonyl (C=O) groups is 2. The molecular formula is C24H28F3N3O8S. The molecule has 0 radical (unpaired) electrons. The van der Waals surface area contributed by atoms with Crippen molar-refractivity contribution in [1.82, 2.24) is 10.0 Å². The van der Waals surface area contributed by atoms with Gasteiger partial charge in [-0.15, -0.1) is 0 Å². The average molecular weight is 576 g/mol. The van der Waals surface area contributed by atoms with Gasteiger partial charge in [-0.1, -0.05) is 18.2 Å². The van der Waals surface area contributed by atoms with Crippen LogP contribution in [0.5, 0.6) is 5.75 Å². The van der Waals surface area contributed by atoms with Gasteiger partial charge in [0.2, 0.25) is 15.9 Å². The molecule has 2 aromatic carbocycles. The lowest BCUT2D eigenvalue weighted by Gasteiger charge is -2.41. The number of hydrogen-bond acceptors (Lipinski definition) is 8. The number of ether oxygens (including phenoxy) is 1. The first-order valence-corrected chi connectivity index (χ1v) is 13.1. The molecule has 0 aromatic heterocycles. The van der Waals surface area contributed by atoms with E-state index in [1.54, 1.807) is 24.3 Å². The number of alkyl halides is 3. The standard InChI is InChI=1S/C24H28F3N3O8S/c1-38-15-7-5-13(6-8-15)9-17(21(28)33)29-22(34)23(35)11-18(20(32)19(31)12-23)30-39(36,37)16-4-2-3-14(10-16)24(25,26)27/h2-8,10,17-20,30-32,35H,9,11-12H2,1H3,(H2,28,33)(H,29,34)/t17?,18?,19?,20?,23-/m0/s1. The lowest BCUT2D eigenvalue weighted by molar-refractivity contribution is -0.158. The second-order valence-corrected chi connectivity index (χ2v) is 10.9. The number of aliphatic hydroxyl groups is 3. The molecule has 1 aliphatic rings. The highest BCUT2D eigenvalue weighted by Gasteiger charge is 2.50. The van der Waals surface area contributed by atoms with E-state index >= 15 is 0 Å². The Morgan fingerprint density at radius 1 is 1.15 bits per heavy atom. The Bertz CT molecular complexity index is 1310. The number of primary amides is 1. The van der Waals surface area contributed by atoms with Gasteiger partial charge < -0.3 is 31.1 Å². The fourth-order valence-corrected chi connectivity index (χ4v) is 5.52. The van der Waals surface area contributed by atoms with E-state index in [-0.39, 0.29) is 6.42 Å². The minimum Gasteiger partial charge on any atom is -0.497 e. The number of benzene rings is 2. The van der Waals surface area contributed by atoms with Crippen molar-refractivity contribution in [2.45, 2.75) is 60.2 Å². The summed E-state index contributed by atoms with van der Waals surface area (Å²) in [5.41, 5.74) is 2.27. The van der Waals surface area contributed by atoms with E-state index in [1.165, 1.54) is 7.11 Å². The first kappa shape index (κ1) is 30.3. The molecule has 0 heterocycles. The Morgan fingerprint density at radius 2 is 1.79 bits per heavy atom. The first-order valence-electron chi connectivity index (χ1n) is 11.6. The summed E-state index contributed by atoms with van der Waals surface area (Å²) in [6.07, 6.45) is -10.0. The molecule has 0 aliphatic heterocycles. The topological polar surface area (TPSA) is 188 Å². The number of methoxy groups -OCH3 is 1. The molecule has 2 aromatic rings. The molecule has 4 unspecified atom stereocenters. The van der Waals surface area contributed by atoms with Crippen LogP contribution in [0.3, 0.4) is 0 Å². The Labute approximate surface area is 221 Å². The van der Waals surface area contributed by atoms with Crippen LogP contribution in [0.15, 0.2) is 53.4 Å². The minimum absolute atomic E-state index is 0.0715. The molecule has 0 saturated heterocycles. The normalized spacial score (nSPS) is 24.5. The average Bonchev–Trinajstić information content (AvgIpc) is 2.86. The molecule has 214 valence electrons. The van der Waals surface area contributed by atoms with Crippen LogP contribution in [0.25, 0.3) is 0 Å². The number of amides is 2. The van der Waals surface area contributed by atoms with Crippen molar-refractivity contribution in [2.75, 3.05) is 7.11 Å². The van der Waals surface area contributed by atoms with Crippen LogP contribution >= 0.6 is 0 Å². The van der Waals surface area contributed by atoms with Crippen LogP contribution in [-0.2, 0) is 32.2 Å². The van der Waals surface area contributed by atoms with Gasteiger partial charge in [0.05, 0.1) is 35.8 Å². The van der Waals surface area contributed by atoms with Crippen molar-refractivity contribution in [3.05, 3.63) is 59.7 Å². The van der Waals surface area contributed by atoms with Gasteiger partial charge in [-0.3, -0.25) is 9.59 Å². The molecule has 1 aliphatic carbocycles. The van der Waals surface area contributed by atoms with Gasteiger partial charge in [-0.2, -0.15) is 13.2 Å². The van der Waals surface area contributed by atoms with Crippen LogP contribution < -0.4 is 20.5 Å². The van der Waals surface area contributed by atoms with Gasteiger partial charge in [0.25, 0.3) is 5.91 Å². The molecule has 0 bridgehead atoms. The van der Waals surface area contributed by atoms with Crippen LogP contribution in [0.2, 0.25) is 0 Å². The smallest absolute Gasteiger partial charge is 0.416 e. The maximum Gasteiger partial charge on any atom is 0.416 e. The molecule has 5 atom stereocenters. The fraction of sp³-hybridized carbons (Fsp3) is 0.417. The highest BCUT2D eigenvalue weighted by molar-refractivity contribution is 7.89. The first-order chi connectivity index (χ1) is 18.1.